The lowest BCUT2D eigenvalue weighted by molar-refractivity contribution is 0.0512. The molecule has 0 aliphatic rings. The second-order valence-corrected chi connectivity index (χ2v) is 4.28. The van der Waals surface area contributed by atoms with Crippen molar-refractivity contribution < 1.29 is 9.53 Å². The molecule has 3 nitrogen and oxygen atoms in total. The van der Waals surface area contributed by atoms with Crippen molar-refractivity contribution in [3.8, 4) is 0 Å². The largest absolute Gasteiger partial charge is 0.444 e. The van der Waals surface area contributed by atoms with Gasteiger partial charge in [0, 0.05) is 0 Å². The molecule has 0 unspecified atom stereocenters. The van der Waals surface area contributed by atoms with Gasteiger partial charge in [0.2, 0.25) is 0 Å². The smallest absolute Gasteiger partial charge is 0.408 e. The summed E-state index contributed by atoms with van der Waals surface area (Å²) in [6, 6.07) is 0.00912. The molecule has 0 aromatic heterocycles. The number of carbonyl (C=O) groups is 1. The van der Waals surface area contributed by atoms with Gasteiger partial charge >= 0.3 is 6.09 Å². The fraction of sp³-hybridized carbons (Fsp3) is 0.727. The first-order valence-corrected chi connectivity index (χ1v) is 5.01. The van der Waals surface area contributed by atoms with Crippen LogP contribution in [-0.2, 0) is 4.74 Å². The van der Waals surface area contributed by atoms with E-state index in [4.69, 9.17) is 4.74 Å². The number of nitrogens with one attached hydrogen (secondary N) is 1. The number of hydrogen-bond donors (Lipinski definition) is 1. The highest BCUT2D eigenvalue weighted by Gasteiger charge is 2.17. The van der Waals surface area contributed by atoms with Crippen molar-refractivity contribution in [3.05, 3.63) is 12.7 Å². The maximum absolute atomic E-state index is 11.3. The molecule has 0 fully saturated rings. The molecule has 0 aromatic carbocycles. The molecule has 0 rings (SSSR count). The Morgan fingerprint density at radius 2 is 2.14 bits per heavy atom. The summed E-state index contributed by atoms with van der Waals surface area (Å²) in [4.78, 5) is 11.3. The van der Waals surface area contributed by atoms with Crippen LogP contribution < -0.4 is 5.32 Å². The molecule has 0 aromatic rings. The first-order valence-electron chi connectivity index (χ1n) is 5.01. The highest BCUT2D eigenvalue weighted by atomic mass is 16.6. The number of alkyl carbamates (subject to hydrolysis) is 1. The zero-order chi connectivity index (χ0) is 11.2. The normalized spacial score (nSPS) is 13.1. The lowest BCUT2D eigenvalue weighted by Gasteiger charge is -2.22. The van der Waals surface area contributed by atoms with Gasteiger partial charge in [-0.05, 0) is 27.2 Å². The van der Waals surface area contributed by atoms with E-state index in [1.165, 1.54) is 0 Å². The van der Waals surface area contributed by atoms with Gasteiger partial charge in [0.25, 0.3) is 0 Å². The third-order valence-corrected chi connectivity index (χ3v) is 1.59. The maximum atomic E-state index is 11.3. The van der Waals surface area contributed by atoms with Crippen molar-refractivity contribution in [1.82, 2.24) is 5.32 Å². The van der Waals surface area contributed by atoms with Crippen LogP contribution in [0.25, 0.3) is 0 Å². The number of amides is 1. The molecule has 0 bridgehead atoms. The third-order valence-electron chi connectivity index (χ3n) is 1.59. The van der Waals surface area contributed by atoms with Gasteiger partial charge in [-0.1, -0.05) is 19.4 Å². The number of hydrogen-bond acceptors (Lipinski definition) is 2. The van der Waals surface area contributed by atoms with E-state index in [9.17, 15) is 4.79 Å². The van der Waals surface area contributed by atoms with Gasteiger partial charge in [-0.3, -0.25) is 0 Å². The molecule has 1 atom stereocenters. The summed E-state index contributed by atoms with van der Waals surface area (Å²) >= 11 is 0. The summed E-state index contributed by atoms with van der Waals surface area (Å²) in [5.74, 6) is 0. The van der Waals surface area contributed by atoms with Crippen LogP contribution in [0.15, 0.2) is 12.7 Å². The average molecular weight is 199 g/mol. The van der Waals surface area contributed by atoms with Crippen LogP contribution in [0.3, 0.4) is 0 Å². The first kappa shape index (κ1) is 13.0. The standard InChI is InChI=1S/C11H21NO2/c1-6-8-9(7-2)12-10(13)14-11(3,4)5/h7,9H,2,6,8H2,1,3-5H3,(H,12,13)/t9-/m0/s1. The van der Waals surface area contributed by atoms with Crippen molar-refractivity contribution in [2.24, 2.45) is 0 Å². The zero-order valence-corrected chi connectivity index (χ0v) is 9.59. The fourth-order valence-corrected chi connectivity index (χ4v) is 1.02. The van der Waals surface area contributed by atoms with Crippen LogP contribution in [0, 0.1) is 0 Å². The van der Waals surface area contributed by atoms with Crippen molar-refractivity contribution in [2.45, 2.75) is 52.2 Å². The monoisotopic (exact) mass is 199 g/mol. The minimum absolute atomic E-state index is 0.00912. The molecule has 82 valence electrons. The quantitative estimate of drug-likeness (QED) is 0.707. The molecule has 1 N–H and O–H groups in total. The van der Waals surface area contributed by atoms with Gasteiger partial charge in [-0.25, -0.2) is 4.79 Å². The van der Waals surface area contributed by atoms with Gasteiger partial charge < -0.3 is 10.1 Å². The van der Waals surface area contributed by atoms with Gasteiger partial charge in [0.15, 0.2) is 0 Å². The Hall–Kier alpha value is -0.990. The first-order chi connectivity index (χ1) is 6.39. The zero-order valence-electron chi connectivity index (χ0n) is 9.59. The molecule has 0 aliphatic heterocycles. The van der Waals surface area contributed by atoms with Crippen LogP contribution in [0.4, 0.5) is 4.79 Å². The molecule has 0 heterocycles. The number of ether oxygens (including phenoxy) is 1. The molecule has 0 radical (unpaired) electrons. The van der Waals surface area contributed by atoms with Crippen molar-refractivity contribution in [2.75, 3.05) is 0 Å². The van der Waals surface area contributed by atoms with E-state index in [0.717, 1.165) is 12.8 Å². The summed E-state index contributed by atoms with van der Waals surface area (Å²) in [7, 11) is 0. The van der Waals surface area contributed by atoms with Crippen LogP contribution in [-0.4, -0.2) is 17.7 Å². The molecule has 14 heavy (non-hydrogen) atoms. The predicted octanol–water partition coefficient (Wildman–Crippen LogP) is 2.87. The maximum Gasteiger partial charge on any atom is 0.408 e. The van der Waals surface area contributed by atoms with Gasteiger partial charge in [-0.15, -0.1) is 6.58 Å². The van der Waals surface area contributed by atoms with Gasteiger partial charge in [0.1, 0.15) is 5.60 Å². The van der Waals surface area contributed by atoms with E-state index in [1.54, 1.807) is 6.08 Å². The van der Waals surface area contributed by atoms with Crippen molar-refractivity contribution in [1.29, 1.82) is 0 Å². The molecular formula is C11H21NO2. The van der Waals surface area contributed by atoms with Crippen LogP contribution >= 0.6 is 0 Å². The predicted molar refractivity (Wildman–Crippen MR) is 58.3 cm³/mol. The Morgan fingerprint density at radius 1 is 1.57 bits per heavy atom. The second kappa shape index (κ2) is 5.68. The van der Waals surface area contributed by atoms with Crippen molar-refractivity contribution in [3.63, 3.8) is 0 Å². The van der Waals surface area contributed by atoms with Gasteiger partial charge in [-0.2, -0.15) is 0 Å². The Morgan fingerprint density at radius 3 is 2.50 bits per heavy atom. The summed E-state index contributed by atoms with van der Waals surface area (Å²) in [6.07, 6.45) is 3.25. The van der Waals surface area contributed by atoms with Crippen LogP contribution in [0.5, 0.6) is 0 Å². The molecule has 0 spiro atoms. The van der Waals surface area contributed by atoms with E-state index in [0.29, 0.717) is 0 Å². The lowest BCUT2D eigenvalue weighted by atomic mass is 10.2. The average Bonchev–Trinajstić information content (AvgIpc) is 2.00. The molecule has 1 amide bonds. The van der Waals surface area contributed by atoms with E-state index in [1.807, 2.05) is 20.8 Å². The summed E-state index contributed by atoms with van der Waals surface area (Å²) < 4.78 is 5.12. The molecular weight excluding hydrogens is 178 g/mol. The van der Waals surface area contributed by atoms with E-state index in [2.05, 4.69) is 18.8 Å². The molecule has 3 heteroatoms. The summed E-state index contributed by atoms with van der Waals surface area (Å²) in [6.45, 7) is 11.2. The molecule has 0 aliphatic carbocycles. The molecule has 0 saturated heterocycles. The minimum Gasteiger partial charge on any atom is -0.444 e. The Labute approximate surface area is 86.5 Å². The Kier molecular flexibility index (Phi) is 5.28. The number of carbonyl (C=O) groups excluding carboxylic acids is 1. The minimum atomic E-state index is -0.442. The highest BCUT2D eigenvalue weighted by Crippen LogP contribution is 2.07. The summed E-state index contributed by atoms with van der Waals surface area (Å²) in [5, 5.41) is 2.74. The van der Waals surface area contributed by atoms with Crippen LogP contribution in [0.1, 0.15) is 40.5 Å². The second-order valence-electron chi connectivity index (χ2n) is 4.28. The SMILES string of the molecule is C=C[C@@H](CCC)NC(=O)OC(C)(C)C. The van der Waals surface area contributed by atoms with Gasteiger partial charge in [0.05, 0.1) is 6.04 Å². The van der Waals surface area contributed by atoms with E-state index in [-0.39, 0.29) is 12.1 Å². The Bertz CT molecular complexity index is 194. The Balaban J connectivity index is 3.97. The third kappa shape index (κ3) is 6.52. The number of rotatable bonds is 4. The van der Waals surface area contributed by atoms with Crippen molar-refractivity contribution >= 4 is 6.09 Å². The molecule has 0 saturated carbocycles. The van der Waals surface area contributed by atoms with Crippen LogP contribution in [0.2, 0.25) is 0 Å². The topological polar surface area (TPSA) is 38.3 Å². The summed E-state index contributed by atoms with van der Waals surface area (Å²) in [5.41, 5.74) is -0.442. The fourth-order valence-electron chi connectivity index (χ4n) is 1.02. The lowest BCUT2D eigenvalue weighted by Crippen LogP contribution is -2.38. The highest BCUT2D eigenvalue weighted by molar-refractivity contribution is 5.68. The van der Waals surface area contributed by atoms with E-state index < -0.39 is 5.60 Å². The van der Waals surface area contributed by atoms with E-state index >= 15 is 0 Å².